The van der Waals surface area contributed by atoms with Gasteiger partial charge in [-0.25, -0.2) is 4.79 Å². The number of rotatable bonds is 10. The van der Waals surface area contributed by atoms with Crippen LogP contribution >= 0.6 is 0 Å². The topological polar surface area (TPSA) is 80.2 Å². The first-order valence-electron chi connectivity index (χ1n) is 15.4. The second-order valence-corrected chi connectivity index (χ2v) is 13.6. The molecule has 7 nitrogen and oxygen atoms in total. The van der Waals surface area contributed by atoms with Crippen LogP contribution in [0.3, 0.4) is 0 Å². The molecule has 0 saturated heterocycles. The van der Waals surface area contributed by atoms with Gasteiger partial charge in [0, 0.05) is 32.0 Å². The van der Waals surface area contributed by atoms with Gasteiger partial charge in [0.25, 0.3) is 0 Å². The predicted octanol–water partition coefficient (Wildman–Crippen LogP) is 6.73. The molecular formula is C31H48F3N3O4. The van der Waals surface area contributed by atoms with Crippen molar-refractivity contribution in [3.63, 3.8) is 0 Å². The van der Waals surface area contributed by atoms with Gasteiger partial charge >= 0.3 is 12.5 Å². The number of halogens is 3. The molecule has 0 bridgehead atoms. The van der Waals surface area contributed by atoms with Crippen molar-refractivity contribution in [1.82, 2.24) is 10.2 Å². The molecule has 6 atom stereocenters. The molecule has 0 aromatic carbocycles. The van der Waals surface area contributed by atoms with Gasteiger partial charge in [-0.2, -0.15) is 0 Å². The van der Waals surface area contributed by atoms with Crippen molar-refractivity contribution in [1.29, 1.82) is 0 Å². The van der Waals surface area contributed by atoms with Gasteiger partial charge in [0.2, 0.25) is 0 Å². The van der Waals surface area contributed by atoms with E-state index >= 15 is 0 Å². The zero-order valence-corrected chi connectivity index (χ0v) is 25.3. The number of ether oxygens (including phenoxy) is 1. The summed E-state index contributed by atoms with van der Waals surface area (Å²) < 4.78 is 41.4. The highest BCUT2D eigenvalue weighted by Crippen LogP contribution is 2.66. The van der Waals surface area contributed by atoms with E-state index in [9.17, 15) is 22.8 Å². The maximum absolute atomic E-state index is 12.9. The van der Waals surface area contributed by atoms with Crippen molar-refractivity contribution in [2.75, 3.05) is 32.8 Å². The number of nitrogens with zero attached hydrogens (tertiary/aromatic N) is 2. The van der Waals surface area contributed by atoms with Crippen molar-refractivity contribution in [3.8, 4) is 0 Å². The van der Waals surface area contributed by atoms with Crippen molar-refractivity contribution >= 4 is 17.6 Å². The zero-order chi connectivity index (χ0) is 30.0. The number of carbonyl (C=O) groups is 2. The van der Waals surface area contributed by atoms with Crippen molar-refractivity contribution in [3.05, 3.63) is 11.6 Å². The van der Waals surface area contributed by atoms with Crippen LogP contribution in [0.2, 0.25) is 0 Å². The van der Waals surface area contributed by atoms with Crippen LogP contribution in [-0.2, 0) is 14.4 Å². The summed E-state index contributed by atoms with van der Waals surface area (Å²) in [6, 6.07) is 0. The summed E-state index contributed by atoms with van der Waals surface area (Å²) in [7, 11) is 0. The van der Waals surface area contributed by atoms with E-state index < -0.39 is 19.1 Å². The number of carbonyl (C=O) groups excluding carboxylic acids is 2. The summed E-state index contributed by atoms with van der Waals surface area (Å²) in [5, 5.41) is 7.46. The third-order valence-corrected chi connectivity index (χ3v) is 10.7. The largest absolute Gasteiger partial charge is 0.522 e. The quantitative estimate of drug-likeness (QED) is 0.134. The summed E-state index contributed by atoms with van der Waals surface area (Å²) in [6.07, 6.45) is 4.45. The second-order valence-electron chi connectivity index (χ2n) is 13.6. The fraction of sp³-hybridized carbons (Fsp3) is 0.839. The van der Waals surface area contributed by atoms with Gasteiger partial charge in [-0.3, -0.25) is 14.4 Å². The van der Waals surface area contributed by atoms with Gasteiger partial charge in [-0.15, -0.1) is 13.2 Å². The molecule has 41 heavy (non-hydrogen) atoms. The number of amides is 1. The lowest BCUT2D eigenvalue weighted by molar-refractivity contribution is -0.324. The summed E-state index contributed by atoms with van der Waals surface area (Å²) in [5.41, 5.74) is 2.32. The van der Waals surface area contributed by atoms with E-state index in [2.05, 4.69) is 42.9 Å². The summed E-state index contributed by atoms with van der Waals surface area (Å²) in [5.74, 6) is 2.65. The Balaban J connectivity index is 1.39. The smallest absolute Gasteiger partial charge is 0.315 e. The number of oxime groups is 1. The fourth-order valence-corrected chi connectivity index (χ4v) is 8.65. The van der Waals surface area contributed by atoms with Gasteiger partial charge < -0.3 is 10.2 Å². The average molecular weight is 584 g/mol. The Morgan fingerprint density at radius 2 is 1.88 bits per heavy atom. The summed E-state index contributed by atoms with van der Waals surface area (Å²) in [6.45, 7) is 11.2. The number of allylic oxidation sites excluding steroid dienone is 1. The number of hydrogen-bond acceptors (Lipinski definition) is 6. The summed E-state index contributed by atoms with van der Waals surface area (Å²) >= 11 is 0. The Morgan fingerprint density at radius 3 is 2.59 bits per heavy atom. The maximum atomic E-state index is 12.9. The molecule has 10 heteroatoms. The Morgan fingerprint density at radius 1 is 1.12 bits per heavy atom. The molecule has 3 fully saturated rings. The van der Waals surface area contributed by atoms with E-state index in [-0.39, 0.29) is 35.6 Å². The Kier molecular flexibility index (Phi) is 9.94. The highest BCUT2D eigenvalue weighted by atomic mass is 19.4. The molecular weight excluding hydrogens is 535 g/mol. The van der Waals surface area contributed by atoms with E-state index in [4.69, 9.17) is 4.84 Å². The van der Waals surface area contributed by atoms with Crippen LogP contribution in [0.15, 0.2) is 16.8 Å². The summed E-state index contributed by atoms with van der Waals surface area (Å²) in [4.78, 5) is 31.6. The lowest BCUT2D eigenvalue weighted by atomic mass is 9.46. The second kappa shape index (κ2) is 12.7. The van der Waals surface area contributed by atoms with E-state index in [0.717, 1.165) is 57.2 Å². The predicted molar refractivity (Wildman–Crippen MR) is 151 cm³/mol. The highest BCUT2D eigenvalue weighted by Gasteiger charge is 2.59. The molecule has 232 valence electrons. The maximum Gasteiger partial charge on any atom is 0.522 e. The molecule has 4 rings (SSSR count). The van der Waals surface area contributed by atoms with Crippen LogP contribution < -0.4 is 5.32 Å². The standard InChI is InChI=1S/C31H48F3N3O4/c1-20(2)19-35-14-15-37(16-17-40-31(32,33)34)28(39)41-36-21(3)25-8-9-26-24-7-6-22-18-23(38)10-12-29(22,4)27(24)11-13-30(25,26)5/h18,20,24-27,35H,6-17,19H2,1-5H3/b36-21+/t24-,25+,26-,27-,29-,30+/m0/s1. The number of hydrogen-bond donors (Lipinski definition) is 1. The van der Waals surface area contributed by atoms with Gasteiger partial charge in [-0.05, 0) is 99.0 Å². The van der Waals surface area contributed by atoms with Crippen molar-refractivity contribution in [2.24, 2.45) is 45.6 Å². The lowest BCUT2D eigenvalue weighted by Crippen LogP contribution is -2.51. The molecule has 3 saturated carbocycles. The first-order valence-corrected chi connectivity index (χ1v) is 15.4. The van der Waals surface area contributed by atoms with Crippen LogP contribution in [0.1, 0.15) is 86.0 Å². The Hall–Kier alpha value is -1.94. The average Bonchev–Trinajstić information content (AvgIpc) is 3.25. The lowest BCUT2D eigenvalue weighted by Gasteiger charge is -2.58. The van der Waals surface area contributed by atoms with Gasteiger partial charge in [0.1, 0.15) is 0 Å². The van der Waals surface area contributed by atoms with Crippen LogP contribution in [0.5, 0.6) is 0 Å². The Bertz CT molecular complexity index is 1030. The van der Waals surface area contributed by atoms with E-state index in [1.807, 2.05) is 13.0 Å². The number of ketones is 1. The van der Waals surface area contributed by atoms with Crippen LogP contribution in [0, 0.1) is 40.4 Å². The normalized spacial score (nSPS) is 33.6. The van der Waals surface area contributed by atoms with Gasteiger partial charge in [-0.1, -0.05) is 38.4 Å². The minimum Gasteiger partial charge on any atom is -0.315 e. The fourth-order valence-electron chi connectivity index (χ4n) is 8.65. The van der Waals surface area contributed by atoms with Crippen LogP contribution in [0.4, 0.5) is 18.0 Å². The molecule has 4 aliphatic carbocycles. The van der Waals surface area contributed by atoms with E-state index in [1.54, 1.807) is 0 Å². The Labute approximate surface area is 242 Å². The molecule has 0 aromatic rings. The third-order valence-electron chi connectivity index (χ3n) is 10.7. The van der Waals surface area contributed by atoms with Crippen molar-refractivity contribution in [2.45, 2.75) is 92.3 Å². The molecule has 1 amide bonds. The highest BCUT2D eigenvalue weighted by molar-refractivity contribution is 5.91. The first-order chi connectivity index (χ1) is 19.2. The van der Waals surface area contributed by atoms with Crippen LogP contribution in [-0.4, -0.2) is 61.6 Å². The molecule has 1 N–H and O–H groups in total. The molecule has 0 spiro atoms. The van der Waals surface area contributed by atoms with Gasteiger partial charge in [0.15, 0.2) is 5.78 Å². The minimum atomic E-state index is -4.75. The van der Waals surface area contributed by atoms with Gasteiger partial charge in [0.05, 0.1) is 12.3 Å². The zero-order valence-electron chi connectivity index (χ0n) is 25.3. The molecule has 0 heterocycles. The van der Waals surface area contributed by atoms with E-state index in [0.29, 0.717) is 36.6 Å². The molecule has 0 unspecified atom stereocenters. The number of nitrogens with one attached hydrogen (secondary N) is 1. The van der Waals surface area contributed by atoms with Crippen molar-refractivity contribution < 1.29 is 32.3 Å². The SMILES string of the molecule is C/C(=N\OC(=O)N(CCNCC(C)C)CCOC(F)(F)F)[C@H]1CC[C@H]2[C@@H]3CCC4=CC(=O)CC[C@]4(C)[C@H]3CC[C@]12C. The van der Waals surface area contributed by atoms with Crippen LogP contribution in [0.25, 0.3) is 0 Å². The molecule has 0 aliphatic heterocycles. The molecule has 0 radical (unpaired) electrons. The number of fused-ring (bicyclic) bond motifs is 5. The number of alkyl halides is 3. The molecule has 0 aromatic heterocycles. The molecule has 4 aliphatic rings. The third kappa shape index (κ3) is 7.17. The first kappa shape index (κ1) is 32.0. The van der Waals surface area contributed by atoms with E-state index in [1.165, 1.54) is 10.5 Å². The monoisotopic (exact) mass is 583 g/mol. The minimum absolute atomic E-state index is 0.0597.